The van der Waals surface area contributed by atoms with Crippen molar-refractivity contribution in [3.63, 3.8) is 0 Å². The van der Waals surface area contributed by atoms with Crippen molar-refractivity contribution in [3.05, 3.63) is 34.4 Å². The molecule has 0 saturated carbocycles. The summed E-state index contributed by atoms with van der Waals surface area (Å²) in [5, 5.41) is 0. The van der Waals surface area contributed by atoms with Crippen LogP contribution in [0.5, 0.6) is 0 Å². The maximum atomic E-state index is 5.80. The van der Waals surface area contributed by atoms with Crippen LogP contribution >= 0.6 is 11.6 Å². The lowest BCUT2D eigenvalue weighted by molar-refractivity contribution is 1.08. The molecule has 0 aliphatic heterocycles. The largest absolute Gasteiger partial charge is 0.122 e. The predicted octanol–water partition coefficient (Wildman–Crippen LogP) is 3.60. The van der Waals surface area contributed by atoms with Crippen molar-refractivity contribution >= 4 is 11.6 Å². The van der Waals surface area contributed by atoms with Crippen molar-refractivity contribution in [3.8, 4) is 0 Å². The number of hydrogen-bond donors (Lipinski definition) is 0. The first-order chi connectivity index (χ1) is 5.70. The van der Waals surface area contributed by atoms with E-state index in [1.807, 2.05) is 0 Å². The average Bonchev–Trinajstić information content (AvgIpc) is 2.10. The minimum Gasteiger partial charge on any atom is -0.122 e. The first-order valence-corrected chi connectivity index (χ1v) is 4.88. The van der Waals surface area contributed by atoms with Gasteiger partial charge in [-0.1, -0.05) is 19.1 Å². The molecule has 0 fully saturated rings. The molecule has 66 valence electrons. The molecule has 0 unspecified atom stereocenters. The Morgan fingerprint density at radius 1 is 1.08 bits per heavy atom. The highest BCUT2D eigenvalue weighted by Gasteiger charge is 2.03. The predicted molar refractivity (Wildman–Crippen MR) is 54.9 cm³/mol. The standard InChI is InChI=1S/C11H15Cl/c1-4-10-5-6-11(7-12)9(3)8(10)2/h5-6H,4,7H2,1-3H3. The molecule has 0 atom stereocenters. The third-order valence-electron chi connectivity index (χ3n) is 2.54. The second kappa shape index (κ2) is 3.95. The molecule has 0 heterocycles. The summed E-state index contributed by atoms with van der Waals surface area (Å²) in [6, 6.07) is 4.31. The van der Waals surface area contributed by atoms with Crippen LogP contribution in [-0.2, 0) is 12.3 Å². The fourth-order valence-electron chi connectivity index (χ4n) is 1.46. The van der Waals surface area contributed by atoms with E-state index in [1.165, 1.54) is 22.3 Å². The summed E-state index contributed by atoms with van der Waals surface area (Å²) in [5.74, 6) is 0.622. The molecule has 0 aromatic heterocycles. The zero-order valence-corrected chi connectivity index (χ0v) is 8.70. The Hall–Kier alpha value is -0.490. The summed E-state index contributed by atoms with van der Waals surface area (Å²) in [6.45, 7) is 6.50. The van der Waals surface area contributed by atoms with Crippen LogP contribution in [0.25, 0.3) is 0 Å². The molecule has 0 nitrogen and oxygen atoms in total. The van der Waals surface area contributed by atoms with Gasteiger partial charge in [0.2, 0.25) is 0 Å². The fraction of sp³-hybridized carbons (Fsp3) is 0.455. The molecule has 1 aromatic carbocycles. The van der Waals surface area contributed by atoms with Crippen molar-refractivity contribution in [2.75, 3.05) is 0 Å². The van der Waals surface area contributed by atoms with Crippen LogP contribution < -0.4 is 0 Å². The third kappa shape index (κ3) is 1.64. The third-order valence-corrected chi connectivity index (χ3v) is 2.82. The number of aryl methyl sites for hydroxylation is 1. The number of rotatable bonds is 2. The Bertz CT molecular complexity index is 248. The van der Waals surface area contributed by atoms with Gasteiger partial charge in [-0.25, -0.2) is 0 Å². The topological polar surface area (TPSA) is 0 Å². The van der Waals surface area contributed by atoms with Crippen LogP contribution in [-0.4, -0.2) is 0 Å². The Morgan fingerprint density at radius 2 is 1.58 bits per heavy atom. The van der Waals surface area contributed by atoms with Crippen LogP contribution in [0.3, 0.4) is 0 Å². The first kappa shape index (κ1) is 9.60. The van der Waals surface area contributed by atoms with Crippen molar-refractivity contribution in [1.29, 1.82) is 0 Å². The highest BCUT2D eigenvalue weighted by atomic mass is 35.5. The number of halogens is 1. The maximum Gasteiger partial charge on any atom is 0.0476 e. The van der Waals surface area contributed by atoms with Crippen LogP contribution in [0.15, 0.2) is 12.1 Å². The van der Waals surface area contributed by atoms with Gasteiger partial charge in [0.05, 0.1) is 0 Å². The number of alkyl halides is 1. The van der Waals surface area contributed by atoms with Gasteiger partial charge >= 0.3 is 0 Å². The van der Waals surface area contributed by atoms with Gasteiger partial charge in [0.25, 0.3) is 0 Å². The minimum absolute atomic E-state index is 0.622. The lowest BCUT2D eigenvalue weighted by Gasteiger charge is -2.09. The molecule has 0 N–H and O–H groups in total. The van der Waals surface area contributed by atoms with E-state index in [4.69, 9.17) is 11.6 Å². The molecule has 0 aliphatic carbocycles. The molecule has 1 rings (SSSR count). The van der Waals surface area contributed by atoms with E-state index in [0.717, 1.165) is 6.42 Å². The monoisotopic (exact) mass is 182 g/mol. The van der Waals surface area contributed by atoms with Crippen LogP contribution in [0, 0.1) is 13.8 Å². The molecule has 1 aromatic rings. The van der Waals surface area contributed by atoms with E-state index in [2.05, 4.69) is 32.9 Å². The Kier molecular flexibility index (Phi) is 3.16. The van der Waals surface area contributed by atoms with E-state index >= 15 is 0 Å². The molecule has 0 spiro atoms. The summed E-state index contributed by atoms with van der Waals surface area (Å²) < 4.78 is 0. The zero-order chi connectivity index (χ0) is 9.14. The molecule has 0 saturated heterocycles. The van der Waals surface area contributed by atoms with Gasteiger partial charge in [-0.15, -0.1) is 11.6 Å². The Labute approximate surface area is 79.6 Å². The summed E-state index contributed by atoms with van der Waals surface area (Å²) in [5.41, 5.74) is 5.44. The van der Waals surface area contributed by atoms with Gasteiger partial charge < -0.3 is 0 Å². The Balaban J connectivity index is 3.20. The normalized spacial score (nSPS) is 10.3. The SMILES string of the molecule is CCc1ccc(CCl)c(C)c1C. The van der Waals surface area contributed by atoms with Crippen LogP contribution in [0.1, 0.15) is 29.2 Å². The van der Waals surface area contributed by atoms with Crippen LogP contribution in [0.4, 0.5) is 0 Å². The van der Waals surface area contributed by atoms with Crippen molar-refractivity contribution < 1.29 is 0 Å². The van der Waals surface area contributed by atoms with E-state index in [1.54, 1.807) is 0 Å². The highest BCUT2D eigenvalue weighted by Crippen LogP contribution is 2.19. The molecular formula is C11H15Cl. The first-order valence-electron chi connectivity index (χ1n) is 4.34. The number of hydrogen-bond acceptors (Lipinski definition) is 0. The average molecular weight is 183 g/mol. The van der Waals surface area contributed by atoms with Gasteiger partial charge in [-0.3, -0.25) is 0 Å². The van der Waals surface area contributed by atoms with Gasteiger partial charge in [-0.2, -0.15) is 0 Å². The molecule has 1 heteroatoms. The molecule has 0 amide bonds. The smallest absolute Gasteiger partial charge is 0.0476 e. The summed E-state index contributed by atoms with van der Waals surface area (Å²) in [7, 11) is 0. The lowest BCUT2D eigenvalue weighted by atomic mass is 9.97. The van der Waals surface area contributed by atoms with E-state index in [-0.39, 0.29) is 0 Å². The van der Waals surface area contributed by atoms with E-state index in [9.17, 15) is 0 Å². The van der Waals surface area contributed by atoms with Gasteiger partial charge in [0.15, 0.2) is 0 Å². The zero-order valence-electron chi connectivity index (χ0n) is 7.95. The fourth-order valence-corrected chi connectivity index (χ4v) is 1.75. The van der Waals surface area contributed by atoms with E-state index in [0.29, 0.717) is 5.88 Å². The summed E-state index contributed by atoms with van der Waals surface area (Å²) >= 11 is 5.80. The van der Waals surface area contributed by atoms with Crippen molar-refractivity contribution in [1.82, 2.24) is 0 Å². The quantitative estimate of drug-likeness (QED) is 0.614. The second-order valence-electron chi connectivity index (χ2n) is 3.12. The van der Waals surface area contributed by atoms with E-state index < -0.39 is 0 Å². The molecule has 0 aliphatic rings. The second-order valence-corrected chi connectivity index (χ2v) is 3.39. The molecule has 0 bridgehead atoms. The van der Waals surface area contributed by atoms with Gasteiger partial charge in [0, 0.05) is 5.88 Å². The minimum atomic E-state index is 0.622. The molecule has 12 heavy (non-hydrogen) atoms. The maximum absolute atomic E-state index is 5.80. The lowest BCUT2D eigenvalue weighted by Crippen LogP contribution is -1.94. The Morgan fingerprint density at radius 3 is 2.08 bits per heavy atom. The van der Waals surface area contributed by atoms with Crippen molar-refractivity contribution in [2.45, 2.75) is 33.1 Å². The molecular weight excluding hydrogens is 168 g/mol. The van der Waals surface area contributed by atoms with Gasteiger partial charge in [-0.05, 0) is 42.5 Å². The number of benzene rings is 1. The summed E-state index contributed by atoms with van der Waals surface area (Å²) in [4.78, 5) is 0. The summed E-state index contributed by atoms with van der Waals surface area (Å²) in [6.07, 6.45) is 1.11. The highest BCUT2D eigenvalue weighted by molar-refractivity contribution is 6.17. The molecule has 0 radical (unpaired) electrons. The van der Waals surface area contributed by atoms with Gasteiger partial charge in [0.1, 0.15) is 0 Å². The van der Waals surface area contributed by atoms with Crippen LogP contribution in [0.2, 0.25) is 0 Å². The van der Waals surface area contributed by atoms with Crippen molar-refractivity contribution in [2.24, 2.45) is 0 Å².